The molecule has 4 heteroatoms. The fourth-order valence-corrected chi connectivity index (χ4v) is 1.37. The van der Waals surface area contributed by atoms with Crippen LogP contribution >= 0.6 is 0 Å². The zero-order valence-corrected chi connectivity index (χ0v) is 9.05. The van der Waals surface area contributed by atoms with Gasteiger partial charge in [0.05, 0.1) is 0 Å². The van der Waals surface area contributed by atoms with Gasteiger partial charge in [-0.2, -0.15) is 0 Å². The van der Waals surface area contributed by atoms with Crippen LogP contribution in [0, 0.1) is 6.92 Å². The summed E-state index contributed by atoms with van der Waals surface area (Å²) in [6.45, 7) is 2.53. The third-order valence-electron chi connectivity index (χ3n) is 2.13. The Morgan fingerprint density at radius 2 is 2.06 bits per heavy atom. The molecular formula is C12H13N3O. The lowest BCUT2D eigenvalue weighted by molar-refractivity contribution is 0.290. The first-order valence-electron chi connectivity index (χ1n) is 5.01. The van der Waals surface area contributed by atoms with Gasteiger partial charge >= 0.3 is 0 Å². The molecule has 1 aromatic heterocycles. The van der Waals surface area contributed by atoms with Gasteiger partial charge in [0.15, 0.2) is 0 Å². The third-order valence-corrected chi connectivity index (χ3v) is 2.13. The molecule has 0 saturated heterocycles. The molecule has 2 aromatic rings. The van der Waals surface area contributed by atoms with Gasteiger partial charge in [0, 0.05) is 6.07 Å². The molecule has 0 bridgehead atoms. The second-order valence-corrected chi connectivity index (χ2v) is 3.57. The quantitative estimate of drug-likeness (QED) is 0.850. The molecule has 1 heterocycles. The van der Waals surface area contributed by atoms with E-state index in [1.54, 1.807) is 12.1 Å². The highest BCUT2D eigenvalue weighted by Gasteiger charge is 1.98. The topological polar surface area (TPSA) is 61.0 Å². The lowest BCUT2D eigenvalue weighted by Gasteiger charge is -2.05. The standard InChI is InChI=1S/C12H13N3O/c1-9-3-2-4-10(7-9)8-16-12-6-5-11(13)14-15-12/h2-7H,8H2,1H3,(H2,13,14). The lowest BCUT2D eigenvalue weighted by Crippen LogP contribution is -2.00. The van der Waals surface area contributed by atoms with E-state index in [2.05, 4.69) is 16.3 Å². The van der Waals surface area contributed by atoms with Crippen LogP contribution in [0.1, 0.15) is 11.1 Å². The molecular weight excluding hydrogens is 202 g/mol. The van der Waals surface area contributed by atoms with E-state index in [1.807, 2.05) is 25.1 Å². The van der Waals surface area contributed by atoms with Crippen molar-refractivity contribution in [2.75, 3.05) is 5.73 Å². The Labute approximate surface area is 94.1 Å². The van der Waals surface area contributed by atoms with E-state index < -0.39 is 0 Å². The summed E-state index contributed by atoms with van der Waals surface area (Å²) in [6, 6.07) is 11.5. The Morgan fingerprint density at radius 1 is 1.19 bits per heavy atom. The fraction of sp³-hybridized carbons (Fsp3) is 0.167. The zero-order chi connectivity index (χ0) is 11.4. The van der Waals surface area contributed by atoms with Gasteiger partial charge in [-0.1, -0.05) is 29.8 Å². The molecule has 16 heavy (non-hydrogen) atoms. The first-order valence-corrected chi connectivity index (χ1v) is 5.01. The largest absolute Gasteiger partial charge is 0.472 e. The molecule has 0 spiro atoms. The van der Waals surface area contributed by atoms with Crippen molar-refractivity contribution in [3.05, 3.63) is 47.5 Å². The highest BCUT2D eigenvalue weighted by molar-refractivity contribution is 5.27. The summed E-state index contributed by atoms with van der Waals surface area (Å²) in [7, 11) is 0. The summed E-state index contributed by atoms with van der Waals surface area (Å²) in [5, 5.41) is 7.53. The van der Waals surface area contributed by atoms with Gasteiger partial charge in [-0.15, -0.1) is 10.2 Å². The molecule has 0 unspecified atom stereocenters. The van der Waals surface area contributed by atoms with Gasteiger partial charge in [-0.05, 0) is 18.6 Å². The van der Waals surface area contributed by atoms with Gasteiger partial charge in [0.2, 0.25) is 5.88 Å². The summed E-state index contributed by atoms with van der Waals surface area (Å²) in [5.74, 6) is 0.874. The molecule has 0 amide bonds. The smallest absolute Gasteiger partial charge is 0.233 e. The minimum Gasteiger partial charge on any atom is -0.472 e. The maximum Gasteiger partial charge on any atom is 0.233 e. The number of nitrogens with two attached hydrogens (primary N) is 1. The van der Waals surface area contributed by atoms with E-state index in [0.29, 0.717) is 18.3 Å². The van der Waals surface area contributed by atoms with Crippen LogP contribution in [0.3, 0.4) is 0 Å². The van der Waals surface area contributed by atoms with Gasteiger partial charge in [0.1, 0.15) is 12.4 Å². The molecule has 0 aliphatic rings. The molecule has 1 aromatic carbocycles. The van der Waals surface area contributed by atoms with Gasteiger partial charge < -0.3 is 10.5 Å². The normalized spacial score (nSPS) is 10.1. The summed E-state index contributed by atoms with van der Waals surface area (Å²) in [5.41, 5.74) is 7.75. The molecule has 2 N–H and O–H groups in total. The van der Waals surface area contributed by atoms with Gasteiger partial charge in [0.25, 0.3) is 0 Å². The lowest BCUT2D eigenvalue weighted by atomic mass is 10.1. The van der Waals surface area contributed by atoms with Crippen molar-refractivity contribution in [1.82, 2.24) is 10.2 Å². The van der Waals surface area contributed by atoms with Crippen LogP contribution in [0.25, 0.3) is 0 Å². The molecule has 0 saturated carbocycles. The molecule has 0 radical (unpaired) electrons. The predicted octanol–water partition coefficient (Wildman–Crippen LogP) is 1.95. The van der Waals surface area contributed by atoms with Crippen LogP contribution in [0.5, 0.6) is 5.88 Å². The Bertz CT molecular complexity index is 468. The number of ether oxygens (including phenoxy) is 1. The number of anilines is 1. The van der Waals surface area contributed by atoms with E-state index in [1.165, 1.54) is 5.56 Å². The summed E-state index contributed by atoms with van der Waals surface area (Å²) >= 11 is 0. The van der Waals surface area contributed by atoms with Crippen LogP contribution in [0.15, 0.2) is 36.4 Å². The number of benzene rings is 1. The minimum atomic E-state index is 0.392. The first-order chi connectivity index (χ1) is 7.74. The van der Waals surface area contributed by atoms with Crippen molar-refractivity contribution < 1.29 is 4.74 Å². The zero-order valence-electron chi connectivity index (χ0n) is 9.05. The molecule has 82 valence electrons. The van der Waals surface area contributed by atoms with Crippen molar-refractivity contribution in [2.45, 2.75) is 13.5 Å². The summed E-state index contributed by atoms with van der Waals surface area (Å²) in [4.78, 5) is 0. The van der Waals surface area contributed by atoms with Crippen molar-refractivity contribution >= 4 is 5.82 Å². The monoisotopic (exact) mass is 215 g/mol. The number of aromatic nitrogens is 2. The maximum atomic E-state index is 5.47. The number of nitrogens with zero attached hydrogens (tertiary/aromatic N) is 2. The maximum absolute atomic E-state index is 5.47. The van der Waals surface area contributed by atoms with Crippen LogP contribution in [0.2, 0.25) is 0 Å². The number of hydrogen-bond donors (Lipinski definition) is 1. The van der Waals surface area contributed by atoms with Crippen LogP contribution in [0.4, 0.5) is 5.82 Å². The average molecular weight is 215 g/mol. The second-order valence-electron chi connectivity index (χ2n) is 3.57. The predicted molar refractivity (Wildman–Crippen MR) is 62.0 cm³/mol. The number of rotatable bonds is 3. The molecule has 0 fully saturated rings. The molecule has 2 rings (SSSR count). The van der Waals surface area contributed by atoms with Crippen molar-refractivity contribution in [2.24, 2.45) is 0 Å². The number of aryl methyl sites for hydroxylation is 1. The van der Waals surface area contributed by atoms with Crippen LogP contribution in [-0.2, 0) is 6.61 Å². The van der Waals surface area contributed by atoms with Gasteiger partial charge in [-0.25, -0.2) is 0 Å². The number of hydrogen-bond acceptors (Lipinski definition) is 4. The van der Waals surface area contributed by atoms with E-state index in [-0.39, 0.29) is 0 Å². The average Bonchev–Trinajstić information content (AvgIpc) is 2.28. The SMILES string of the molecule is Cc1cccc(COc2ccc(N)nn2)c1. The van der Waals surface area contributed by atoms with Crippen molar-refractivity contribution in [3.8, 4) is 5.88 Å². The number of nitrogen functional groups attached to an aromatic ring is 1. The Hall–Kier alpha value is -2.10. The second kappa shape index (κ2) is 4.61. The third kappa shape index (κ3) is 2.70. The molecule has 0 aliphatic heterocycles. The van der Waals surface area contributed by atoms with E-state index in [4.69, 9.17) is 10.5 Å². The molecule has 0 atom stereocenters. The molecule has 4 nitrogen and oxygen atoms in total. The fourth-order valence-electron chi connectivity index (χ4n) is 1.37. The van der Waals surface area contributed by atoms with Crippen LogP contribution < -0.4 is 10.5 Å². The summed E-state index contributed by atoms with van der Waals surface area (Å²) < 4.78 is 5.47. The highest BCUT2D eigenvalue weighted by atomic mass is 16.5. The van der Waals surface area contributed by atoms with E-state index >= 15 is 0 Å². The minimum absolute atomic E-state index is 0.392. The Morgan fingerprint density at radius 3 is 2.75 bits per heavy atom. The summed E-state index contributed by atoms with van der Waals surface area (Å²) in [6.07, 6.45) is 0. The highest BCUT2D eigenvalue weighted by Crippen LogP contribution is 2.10. The Balaban J connectivity index is 1.99. The first kappa shape index (κ1) is 10.4. The van der Waals surface area contributed by atoms with E-state index in [0.717, 1.165) is 5.56 Å². The molecule has 0 aliphatic carbocycles. The van der Waals surface area contributed by atoms with E-state index in [9.17, 15) is 0 Å². The van der Waals surface area contributed by atoms with Crippen LogP contribution in [-0.4, -0.2) is 10.2 Å². The van der Waals surface area contributed by atoms with Crippen molar-refractivity contribution in [3.63, 3.8) is 0 Å². The van der Waals surface area contributed by atoms with Crippen molar-refractivity contribution in [1.29, 1.82) is 0 Å². The Kier molecular flexibility index (Phi) is 3.00. The van der Waals surface area contributed by atoms with Gasteiger partial charge in [-0.3, -0.25) is 0 Å².